The molecule has 2 unspecified atom stereocenters. The molecule has 6 heteroatoms. The van der Waals surface area contributed by atoms with E-state index >= 15 is 0 Å². The van der Waals surface area contributed by atoms with Crippen molar-refractivity contribution in [2.75, 3.05) is 25.6 Å². The first-order valence-corrected chi connectivity index (χ1v) is 6.53. The number of anilines is 1. The minimum atomic E-state index is 0.0742. The molecule has 0 bridgehead atoms. The lowest BCUT2D eigenvalue weighted by atomic mass is 10.2. The lowest BCUT2D eigenvalue weighted by Crippen LogP contribution is -2.24. The number of methoxy groups -OCH3 is 1. The van der Waals surface area contributed by atoms with E-state index in [1.165, 1.54) is 0 Å². The van der Waals surface area contributed by atoms with Gasteiger partial charge in [-0.2, -0.15) is 0 Å². The van der Waals surface area contributed by atoms with E-state index in [0.29, 0.717) is 18.5 Å². The van der Waals surface area contributed by atoms with E-state index in [2.05, 4.69) is 27.8 Å². The maximum atomic E-state index is 5.57. The fourth-order valence-corrected chi connectivity index (χ4v) is 1.78. The van der Waals surface area contributed by atoms with Gasteiger partial charge in [0.05, 0.1) is 18.7 Å². The molecular weight excluding hydrogens is 232 g/mol. The van der Waals surface area contributed by atoms with Crippen LogP contribution in [0.4, 0.5) is 6.01 Å². The number of aromatic nitrogens is 2. The molecule has 1 aromatic rings. The number of hydrogen-bond donors (Lipinski definition) is 2. The Morgan fingerprint density at radius 3 is 2.72 bits per heavy atom. The van der Waals surface area contributed by atoms with Gasteiger partial charge in [0.15, 0.2) is 0 Å². The molecule has 2 N–H and O–H groups in total. The van der Waals surface area contributed by atoms with Crippen molar-refractivity contribution in [3.8, 4) is 0 Å². The normalized spacial score (nSPS) is 14.4. The smallest absolute Gasteiger partial charge is 0.315 e. The van der Waals surface area contributed by atoms with Crippen molar-refractivity contribution >= 4 is 6.01 Å². The zero-order valence-corrected chi connectivity index (χ0v) is 11.7. The van der Waals surface area contributed by atoms with Crippen molar-refractivity contribution in [1.29, 1.82) is 0 Å². The Morgan fingerprint density at radius 2 is 2.11 bits per heavy atom. The second kappa shape index (κ2) is 8.05. The van der Waals surface area contributed by atoms with Gasteiger partial charge in [-0.15, -0.1) is 5.10 Å². The number of nitrogens with zero attached hydrogens (tertiary/aromatic N) is 2. The van der Waals surface area contributed by atoms with Crippen molar-refractivity contribution in [2.24, 2.45) is 0 Å². The number of rotatable bonds is 9. The highest BCUT2D eigenvalue weighted by Crippen LogP contribution is 2.15. The average molecular weight is 256 g/mol. The van der Waals surface area contributed by atoms with Crippen molar-refractivity contribution in [3.63, 3.8) is 0 Å². The first kappa shape index (κ1) is 14.9. The van der Waals surface area contributed by atoms with E-state index in [-0.39, 0.29) is 12.1 Å². The Balaban J connectivity index is 2.55. The fraction of sp³-hybridized carbons (Fsp3) is 0.833. The summed E-state index contributed by atoms with van der Waals surface area (Å²) in [6, 6.07) is 0.748. The van der Waals surface area contributed by atoms with Crippen molar-refractivity contribution in [1.82, 2.24) is 15.5 Å². The van der Waals surface area contributed by atoms with Crippen LogP contribution in [0.5, 0.6) is 0 Å². The molecule has 0 saturated carbocycles. The highest BCUT2D eigenvalue weighted by Gasteiger charge is 2.15. The van der Waals surface area contributed by atoms with Gasteiger partial charge in [0.1, 0.15) is 0 Å². The zero-order chi connectivity index (χ0) is 13.4. The molecule has 0 radical (unpaired) electrons. The Morgan fingerprint density at radius 1 is 1.33 bits per heavy atom. The summed E-state index contributed by atoms with van der Waals surface area (Å²) in [7, 11) is 1.69. The first-order valence-electron chi connectivity index (χ1n) is 6.53. The summed E-state index contributed by atoms with van der Waals surface area (Å²) in [6.07, 6.45) is 2.09. The van der Waals surface area contributed by atoms with Crippen LogP contribution in [-0.2, 0) is 4.74 Å². The van der Waals surface area contributed by atoms with Crippen LogP contribution in [0.1, 0.15) is 45.5 Å². The molecule has 6 nitrogen and oxygen atoms in total. The SMILES string of the molecule is CCCC(COC)Nc1nnc(C(C)NCC)o1. The molecule has 18 heavy (non-hydrogen) atoms. The highest BCUT2D eigenvalue weighted by atomic mass is 16.5. The predicted octanol–water partition coefficient (Wildman–Crippen LogP) is 1.97. The third-order valence-electron chi connectivity index (χ3n) is 2.65. The van der Waals surface area contributed by atoms with Crippen LogP contribution >= 0.6 is 0 Å². The van der Waals surface area contributed by atoms with E-state index in [4.69, 9.17) is 9.15 Å². The molecule has 1 aromatic heterocycles. The van der Waals surface area contributed by atoms with Crippen LogP contribution in [0.25, 0.3) is 0 Å². The first-order chi connectivity index (χ1) is 8.71. The molecule has 0 aliphatic heterocycles. The summed E-state index contributed by atoms with van der Waals surface area (Å²) in [4.78, 5) is 0. The minimum Gasteiger partial charge on any atom is -0.406 e. The van der Waals surface area contributed by atoms with E-state index in [0.717, 1.165) is 19.4 Å². The number of nitrogens with one attached hydrogen (secondary N) is 2. The molecule has 0 amide bonds. The van der Waals surface area contributed by atoms with Gasteiger partial charge in [-0.05, 0) is 19.9 Å². The van der Waals surface area contributed by atoms with E-state index in [1.807, 2.05) is 13.8 Å². The second-order valence-corrected chi connectivity index (χ2v) is 4.31. The third-order valence-corrected chi connectivity index (χ3v) is 2.65. The Hall–Kier alpha value is -1.14. The van der Waals surface area contributed by atoms with E-state index < -0.39 is 0 Å². The molecule has 2 atom stereocenters. The van der Waals surface area contributed by atoms with Gasteiger partial charge < -0.3 is 19.8 Å². The Kier molecular flexibility index (Phi) is 6.67. The third kappa shape index (κ3) is 4.62. The fourth-order valence-electron chi connectivity index (χ4n) is 1.78. The van der Waals surface area contributed by atoms with Gasteiger partial charge in [0.2, 0.25) is 5.89 Å². The molecule has 1 heterocycles. The standard InChI is InChI=1S/C12H24N4O2/c1-5-7-10(8-17-4)14-12-16-15-11(18-12)9(3)13-6-2/h9-10,13H,5-8H2,1-4H3,(H,14,16). The molecule has 1 rings (SSSR count). The summed E-state index contributed by atoms with van der Waals surface area (Å²) in [6.45, 7) is 7.68. The van der Waals surface area contributed by atoms with Gasteiger partial charge in [0, 0.05) is 7.11 Å². The molecule has 0 saturated heterocycles. The van der Waals surface area contributed by atoms with Crippen LogP contribution in [-0.4, -0.2) is 36.5 Å². The number of ether oxygens (including phenoxy) is 1. The highest BCUT2D eigenvalue weighted by molar-refractivity contribution is 5.19. The lowest BCUT2D eigenvalue weighted by Gasteiger charge is -2.15. The Bertz CT molecular complexity index is 324. The second-order valence-electron chi connectivity index (χ2n) is 4.31. The van der Waals surface area contributed by atoms with E-state index in [9.17, 15) is 0 Å². The van der Waals surface area contributed by atoms with Gasteiger partial charge in [-0.1, -0.05) is 25.4 Å². The molecule has 104 valence electrons. The maximum Gasteiger partial charge on any atom is 0.315 e. The summed E-state index contributed by atoms with van der Waals surface area (Å²) in [5.74, 6) is 0.604. The van der Waals surface area contributed by atoms with Crippen LogP contribution in [0.15, 0.2) is 4.42 Å². The zero-order valence-electron chi connectivity index (χ0n) is 11.7. The lowest BCUT2D eigenvalue weighted by molar-refractivity contribution is 0.181. The minimum absolute atomic E-state index is 0.0742. The van der Waals surface area contributed by atoms with Crippen LogP contribution in [0.3, 0.4) is 0 Å². The summed E-state index contributed by atoms with van der Waals surface area (Å²) in [5.41, 5.74) is 0. The topological polar surface area (TPSA) is 72.2 Å². The van der Waals surface area contributed by atoms with Crippen LogP contribution < -0.4 is 10.6 Å². The largest absolute Gasteiger partial charge is 0.406 e. The molecule has 0 aliphatic carbocycles. The van der Waals surface area contributed by atoms with Crippen LogP contribution in [0.2, 0.25) is 0 Å². The molecular formula is C12H24N4O2. The summed E-state index contributed by atoms with van der Waals surface area (Å²) < 4.78 is 10.7. The number of hydrogen-bond acceptors (Lipinski definition) is 6. The molecule has 0 fully saturated rings. The van der Waals surface area contributed by atoms with Crippen molar-refractivity contribution < 1.29 is 9.15 Å². The monoisotopic (exact) mass is 256 g/mol. The maximum absolute atomic E-state index is 5.57. The van der Waals surface area contributed by atoms with Gasteiger partial charge in [-0.3, -0.25) is 0 Å². The van der Waals surface area contributed by atoms with Gasteiger partial charge in [-0.25, -0.2) is 0 Å². The van der Waals surface area contributed by atoms with Gasteiger partial charge >= 0.3 is 6.01 Å². The molecule has 0 aliphatic rings. The Labute approximate surface area is 108 Å². The molecule has 0 aromatic carbocycles. The quantitative estimate of drug-likeness (QED) is 0.704. The van der Waals surface area contributed by atoms with E-state index in [1.54, 1.807) is 7.11 Å². The molecule has 0 spiro atoms. The summed E-state index contributed by atoms with van der Waals surface area (Å²) >= 11 is 0. The average Bonchev–Trinajstić information content (AvgIpc) is 2.78. The summed E-state index contributed by atoms with van der Waals surface area (Å²) in [5, 5.41) is 14.5. The van der Waals surface area contributed by atoms with Crippen molar-refractivity contribution in [3.05, 3.63) is 5.89 Å². The van der Waals surface area contributed by atoms with Crippen LogP contribution in [0, 0.1) is 0 Å². The predicted molar refractivity (Wildman–Crippen MR) is 70.6 cm³/mol. The van der Waals surface area contributed by atoms with Gasteiger partial charge in [0.25, 0.3) is 0 Å². The van der Waals surface area contributed by atoms with Crippen molar-refractivity contribution in [2.45, 2.75) is 45.7 Å².